The first-order valence-electron chi connectivity index (χ1n) is 34.3. The van der Waals surface area contributed by atoms with Gasteiger partial charge in [0, 0.05) is 12.8 Å². The zero-order valence-corrected chi connectivity index (χ0v) is 54.9. The number of rotatable bonds is 62. The maximum Gasteiger partial charge on any atom is 0.472 e. The van der Waals surface area contributed by atoms with Crippen LogP contribution in [0.25, 0.3) is 0 Å². The van der Waals surface area contributed by atoms with E-state index in [1.165, 1.54) is 193 Å². The van der Waals surface area contributed by atoms with E-state index in [4.69, 9.17) is 13.8 Å². The summed E-state index contributed by atoms with van der Waals surface area (Å²) in [6, 6.07) is -0.860. The number of hydrogen-bond donors (Lipinski definition) is 2. The normalized spacial score (nSPS) is 14.0. The number of likely N-dealkylation sites (N-methyl/N-ethyl adjacent to an activating group) is 1. The molecule has 0 bridgehead atoms. The molecule has 0 rings (SSSR count). The minimum Gasteiger partial charge on any atom is -0.456 e. The molecule has 0 fully saturated rings. The summed E-state index contributed by atoms with van der Waals surface area (Å²) < 4.78 is 30.8. The summed E-state index contributed by atoms with van der Waals surface area (Å²) in [6.07, 6.45) is 79.0. The Morgan fingerprint density at radius 3 is 1.15 bits per heavy atom. The van der Waals surface area contributed by atoms with E-state index in [0.717, 1.165) is 83.5 Å². The molecule has 0 radical (unpaired) electrons. The van der Waals surface area contributed by atoms with E-state index in [-0.39, 0.29) is 31.5 Å². The molecule has 0 aromatic heterocycles. The molecule has 10 heteroatoms. The van der Waals surface area contributed by atoms with Crippen LogP contribution in [-0.4, -0.2) is 74.3 Å². The molecule has 0 saturated carbocycles. The van der Waals surface area contributed by atoms with Crippen LogP contribution in [0.3, 0.4) is 0 Å². The second-order valence-corrected chi connectivity index (χ2v) is 25.8. The van der Waals surface area contributed by atoms with Crippen LogP contribution in [0.15, 0.2) is 72.9 Å². The Bertz CT molecular complexity index is 1620. The van der Waals surface area contributed by atoms with Crippen LogP contribution in [-0.2, 0) is 27.9 Å². The molecular formula is C71H132N2O7P+. The van der Waals surface area contributed by atoms with E-state index in [2.05, 4.69) is 86.8 Å². The summed E-state index contributed by atoms with van der Waals surface area (Å²) in [4.78, 5) is 37.8. The van der Waals surface area contributed by atoms with Gasteiger partial charge >= 0.3 is 13.8 Å². The molecule has 0 aliphatic heterocycles. The Labute approximate surface area is 502 Å². The van der Waals surface area contributed by atoms with E-state index in [0.29, 0.717) is 23.9 Å². The van der Waals surface area contributed by atoms with Gasteiger partial charge in [0.05, 0.1) is 33.8 Å². The number of esters is 1. The fraction of sp³-hybridized carbons (Fsp3) is 0.803. The second-order valence-electron chi connectivity index (χ2n) is 24.3. The van der Waals surface area contributed by atoms with Crippen LogP contribution < -0.4 is 5.32 Å². The number of unbranched alkanes of at least 4 members (excludes halogenated alkanes) is 36. The van der Waals surface area contributed by atoms with Gasteiger partial charge in [-0.3, -0.25) is 18.6 Å². The van der Waals surface area contributed by atoms with Crippen molar-refractivity contribution in [2.45, 2.75) is 328 Å². The molecule has 1 amide bonds. The van der Waals surface area contributed by atoms with Gasteiger partial charge < -0.3 is 19.4 Å². The van der Waals surface area contributed by atoms with Crippen LogP contribution in [0.1, 0.15) is 316 Å². The number of carbonyl (C=O) groups excluding carboxylic acids is 2. The van der Waals surface area contributed by atoms with Crippen LogP contribution in [0.2, 0.25) is 0 Å². The molecule has 9 nitrogen and oxygen atoms in total. The summed E-state index contributed by atoms with van der Waals surface area (Å²) >= 11 is 0. The van der Waals surface area contributed by atoms with Crippen molar-refractivity contribution in [1.29, 1.82) is 0 Å². The number of amides is 1. The monoisotopic (exact) mass is 1160 g/mol. The maximum atomic E-state index is 13.6. The number of phosphoric acid groups is 1. The molecule has 2 N–H and O–H groups in total. The van der Waals surface area contributed by atoms with Gasteiger partial charge in [-0.05, 0) is 102 Å². The van der Waals surface area contributed by atoms with Crippen LogP contribution in [0.4, 0.5) is 0 Å². The minimum absolute atomic E-state index is 0.0353. The van der Waals surface area contributed by atoms with Crippen molar-refractivity contribution in [1.82, 2.24) is 5.32 Å². The molecule has 81 heavy (non-hydrogen) atoms. The number of hydrogen-bond acceptors (Lipinski definition) is 6. The molecule has 3 unspecified atom stereocenters. The molecule has 0 aromatic carbocycles. The average Bonchev–Trinajstić information content (AvgIpc) is 3.44. The Balaban J connectivity index is 5.14. The fourth-order valence-electron chi connectivity index (χ4n) is 9.80. The standard InChI is InChI=1S/C71H131N2O7P/c1-7-10-13-16-19-22-25-28-30-32-33-34-35-36-37-38-39-41-42-45-48-51-54-57-60-63-70(74)72-68(67-79-81(76,77)78-66-65-73(4,5)6)69(62-59-56-53-50-47-44-27-24-21-18-15-12-9-3)80-71(75)64-61-58-55-52-49-46-43-40-31-29-26-23-20-17-14-11-8-2/h19-20,22-23,28-31,43,46,59,62,68-69H,7-18,21,24-27,32-42,44-45,47-58,60-61,63-67H2,1-6H3,(H-,72,74,76,77)/p+1/b22-19-,23-20-,30-28-,31-29-,46-43-,62-59-. The molecule has 472 valence electrons. The summed E-state index contributed by atoms with van der Waals surface area (Å²) in [5, 5.41) is 3.06. The van der Waals surface area contributed by atoms with Crippen molar-refractivity contribution in [3.05, 3.63) is 72.9 Å². The topological polar surface area (TPSA) is 111 Å². The molecule has 0 aliphatic carbocycles. The third kappa shape index (κ3) is 61.8. The lowest BCUT2D eigenvalue weighted by Crippen LogP contribution is -2.47. The smallest absolute Gasteiger partial charge is 0.456 e. The molecule has 3 atom stereocenters. The van der Waals surface area contributed by atoms with Crippen molar-refractivity contribution in [3.63, 3.8) is 0 Å². The van der Waals surface area contributed by atoms with E-state index >= 15 is 0 Å². The predicted molar refractivity (Wildman–Crippen MR) is 351 cm³/mol. The minimum atomic E-state index is -4.46. The molecular weight excluding hydrogens is 1020 g/mol. The number of nitrogens with one attached hydrogen (secondary N) is 1. The number of allylic oxidation sites excluding steroid dienone is 11. The lowest BCUT2D eigenvalue weighted by Gasteiger charge is -2.27. The first-order valence-corrected chi connectivity index (χ1v) is 35.8. The predicted octanol–water partition coefficient (Wildman–Crippen LogP) is 21.6. The van der Waals surface area contributed by atoms with Gasteiger partial charge in [0.1, 0.15) is 19.3 Å². The number of carbonyl (C=O) groups is 2. The molecule has 0 saturated heterocycles. The van der Waals surface area contributed by atoms with Gasteiger partial charge in [0.15, 0.2) is 0 Å². The van der Waals surface area contributed by atoms with Crippen molar-refractivity contribution in [3.8, 4) is 0 Å². The van der Waals surface area contributed by atoms with Gasteiger partial charge in [0.2, 0.25) is 5.91 Å². The van der Waals surface area contributed by atoms with E-state index in [1.807, 2.05) is 33.3 Å². The Hall–Kier alpha value is -2.55. The molecule has 0 spiro atoms. The molecule has 0 aromatic rings. The summed E-state index contributed by atoms with van der Waals surface area (Å²) in [5.41, 5.74) is 0. The van der Waals surface area contributed by atoms with E-state index in [9.17, 15) is 19.0 Å². The SMILES string of the molecule is CCCCC/C=C\C/C=C\C/C=C\CCCCCCC(=O)OC(/C=C\CCCCCCCCCCCCC)C(COP(=O)(O)OCC[N+](C)(C)C)NC(=O)CCCCCCCCCCCCCCCCC/C=C\C/C=C\CCCCC. The highest BCUT2D eigenvalue weighted by atomic mass is 31.2. The van der Waals surface area contributed by atoms with E-state index in [1.54, 1.807) is 0 Å². The average molecular weight is 1160 g/mol. The first kappa shape index (κ1) is 78.5. The van der Waals surface area contributed by atoms with Crippen molar-refractivity contribution in [2.75, 3.05) is 40.9 Å². The van der Waals surface area contributed by atoms with Gasteiger partial charge in [-0.15, -0.1) is 0 Å². The maximum absolute atomic E-state index is 13.6. The first-order chi connectivity index (χ1) is 39.4. The van der Waals surface area contributed by atoms with E-state index < -0.39 is 20.0 Å². The number of nitrogens with zero attached hydrogens (tertiary/aromatic N) is 1. The third-order valence-electron chi connectivity index (χ3n) is 15.1. The van der Waals surface area contributed by atoms with Crippen LogP contribution in [0.5, 0.6) is 0 Å². The molecule has 0 aliphatic rings. The Morgan fingerprint density at radius 2 is 0.753 bits per heavy atom. The third-order valence-corrected chi connectivity index (χ3v) is 16.1. The quantitative estimate of drug-likeness (QED) is 0.0205. The summed E-state index contributed by atoms with van der Waals surface area (Å²) in [5.74, 6) is -0.522. The van der Waals surface area contributed by atoms with Crippen LogP contribution in [0, 0.1) is 0 Å². The zero-order valence-electron chi connectivity index (χ0n) is 54.0. The van der Waals surface area contributed by atoms with Gasteiger partial charge in [0.25, 0.3) is 0 Å². The number of phosphoric ester groups is 1. The summed E-state index contributed by atoms with van der Waals surface area (Å²) in [7, 11) is 1.49. The largest absolute Gasteiger partial charge is 0.472 e. The highest BCUT2D eigenvalue weighted by Gasteiger charge is 2.30. The second kappa shape index (κ2) is 60.6. The van der Waals surface area contributed by atoms with Crippen molar-refractivity contribution < 1.29 is 37.3 Å². The fourth-order valence-corrected chi connectivity index (χ4v) is 10.5. The Morgan fingerprint density at radius 1 is 0.432 bits per heavy atom. The summed E-state index contributed by atoms with van der Waals surface area (Å²) in [6.45, 7) is 6.97. The Kier molecular flexibility index (Phi) is 58.7. The van der Waals surface area contributed by atoms with Gasteiger partial charge in [-0.1, -0.05) is 274 Å². The zero-order chi connectivity index (χ0) is 59.3. The van der Waals surface area contributed by atoms with Gasteiger partial charge in [-0.2, -0.15) is 0 Å². The number of ether oxygens (including phenoxy) is 1. The highest BCUT2D eigenvalue weighted by molar-refractivity contribution is 7.47. The van der Waals surface area contributed by atoms with Crippen molar-refractivity contribution in [2.24, 2.45) is 0 Å². The lowest BCUT2D eigenvalue weighted by atomic mass is 10.0. The van der Waals surface area contributed by atoms with Gasteiger partial charge in [-0.25, -0.2) is 4.57 Å². The number of quaternary nitrogens is 1. The molecule has 0 heterocycles. The highest BCUT2D eigenvalue weighted by Crippen LogP contribution is 2.43. The van der Waals surface area contributed by atoms with Crippen molar-refractivity contribution >= 4 is 19.7 Å². The van der Waals surface area contributed by atoms with Crippen LogP contribution >= 0.6 is 7.82 Å². The lowest BCUT2D eigenvalue weighted by molar-refractivity contribution is -0.870.